The fourth-order valence-corrected chi connectivity index (χ4v) is 4.38. The van der Waals surface area contributed by atoms with Crippen LogP contribution >= 0.6 is 0 Å². The second kappa shape index (κ2) is 10.4. The van der Waals surface area contributed by atoms with Gasteiger partial charge in [-0.25, -0.2) is 9.78 Å². The number of ether oxygens (including phenoxy) is 1. The zero-order valence-electron chi connectivity index (χ0n) is 19.4. The summed E-state index contributed by atoms with van der Waals surface area (Å²) < 4.78 is 4.71. The second-order valence-electron chi connectivity index (χ2n) is 8.87. The smallest absolute Gasteiger partial charge is 0.407 e. The molecule has 0 unspecified atom stereocenters. The Morgan fingerprint density at radius 3 is 2.55 bits per heavy atom. The van der Waals surface area contributed by atoms with E-state index in [4.69, 9.17) is 4.74 Å². The van der Waals surface area contributed by atoms with Crippen molar-refractivity contribution in [1.82, 2.24) is 20.2 Å². The van der Waals surface area contributed by atoms with Crippen LogP contribution in [-0.2, 0) is 9.53 Å². The van der Waals surface area contributed by atoms with E-state index in [1.54, 1.807) is 0 Å². The molecule has 1 aromatic heterocycles. The van der Waals surface area contributed by atoms with Gasteiger partial charge in [0, 0.05) is 24.9 Å². The van der Waals surface area contributed by atoms with Gasteiger partial charge >= 0.3 is 6.09 Å². The molecule has 33 heavy (non-hydrogen) atoms. The maximum atomic E-state index is 13.1. The highest BCUT2D eigenvalue weighted by atomic mass is 16.5. The van der Waals surface area contributed by atoms with Crippen molar-refractivity contribution in [3.63, 3.8) is 0 Å². The van der Waals surface area contributed by atoms with Gasteiger partial charge in [-0.15, -0.1) is 0 Å². The summed E-state index contributed by atoms with van der Waals surface area (Å²) in [6.45, 7) is 4.66. The zero-order valence-corrected chi connectivity index (χ0v) is 19.4. The lowest BCUT2D eigenvalue weighted by Gasteiger charge is -2.27. The van der Waals surface area contributed by atoms with Crippen LogP contribution in [0.2, 0.25) is 0 Å². The number of carbonyl (C=O) groups excluding carboxylic acids is 2. The molecule has 0 spiro atoms. The van der Waals surface area contributed by atoms with Crippen LogP contribution in [0.15, 0.2) is 30.5 Å². The lowest BCUT2D eigenvalue weighted by molar-refractivity contribution is -0.133. The summed E-state index contributed by atoms with van der Waals surface area (Å²) >= 11 is 0. The molecule has 1 saturated carbocycles. The van der Waals surface area contributed by atoms with E-state index in [1.165, 1.54) is 18.6 Å². The molecule has 2 amide bonds. The number of likely N-dealkylation sites (tertiary alicyclic amines) is 1. The fraction of sp³-hybridized carbons (Fsp3) is 0.385. The molecule has 2 N–H and O–H groups in total. The highest BCUT2D eigenvalue weighted by Crippen LogP contribution is 2.34. The summed E-state index contributed by atoms with van der Waals surface area (Å²) in [5.41, 5.74) is 3.17. The molecule has 2 aliphatic rings. The Balaban J connectivity index is 1.43. The quantitative estimate of drug-likeness (QED) is 0.664. The maximum absolute atomic E-state index is 13.1. The van der Waals surface area contributed by atoms with Crippen LogP contribution in [0.1, 0.15) is 50.5 Å². The molecule has 1 aliphatic carbocycles. The van der Waals surface area contributed by atoms with E-state index in [1.807, 2.05) is 37.8 Å². The Bertz CT molecular complexity index is 947. The van der Waals surface area contributed by atoms with Crippen LogP contribution in [0, 0.1) is 37.5 Å². The number of rotatable bonds is 7. The Hall–Kier alpha value is -2.83. The minimum atomic E-state index is -0.514. The van der Waals surface area contributed by atoms with E-state index in [9.17, 15) is 9.59 Å². The average Bonchev–Trinajstić information content (AvgIpc) is 3.59. The van der Waals surface area contributed by atoms with E-state index >= 15 is 0 Å². The largest absolute Gasteiger partial charge is 0.453 e. The molecule has 5 radical (unpaired) electrons. The first kappa shape index (κ1) is 23.3. The number of alkyl carbamates (subject to hydrolysis) is 1. The third-order valence-electron chi connectivity index (χ3n) is 6.36. The zero-order chi connectivity index (χ0) is 23.4. The number of H-pyrrole nitrogens is 1. The van der Waals surface area contributed by atoms with Crippen LogP contribution < -0.4 is 5.32 Å². The van der Waals surface area contributed by atoms with Crippen molar-refractivity contribution in [3.8, 4) is 11.3 Å². The van der Waals surface area contributed by atoms with Crippen LogP contribution in [0.25, 0.3) is 11.3 Å². The number of aromatic amines is 1. The number of nitrogens with one attached hydrogen (secondary N) is 2. The Kier molecular flexibility index (Phi) is 7.36. The third-order valence-corrected chi connectivity index (χ3v) is 6.36. The van der Waals surface area contributed by atoms with Gasteiger partial charge in [-0.1, -0.05) is 38.1 Å². The predicted molar refractivity (Wildman–Crippen MR) is 126 cm³/mol. The van der Waals surface area contributed by atoms with Gasteiger partial charge in [0.15, 0.2) is 0 Å². The molecule has 2 heterocycles. The summed E-state index contributed by atoms with van der Waals surface area (Å²) in [5, 5.41) is 2.78. The first-order valence-corrected chi connectivity index (χ1v) is 11.5. The van der Waals surface area contributed by atoms with Gasteiger partial charge < -0.3 is 19.9 Å². The van der Waals surface area contributed by atoms with Gasteiger partial charge in [-0.05, 0) is 55.6 Å². The number of carbonyl (C=O) groups is 2. The first-order valence-electron chi connectivity index (χ1n) is 11.5. The summed E-state index contributed by atoms with van der Waals surface area (Å²) in [5.74, 6) is 2.14. The SMILES string of the molecule is COC(=O)N[C@H](CC(=O)N1CCC[C@H]1c1ncc(-c2ccc([C]3[CH][CH][CH][CH]3)cc2)[nH]1)C(C)C. The van der Waals surface area contributed by atoms with Crippen molar-refractivity contribution in [2.75, 3.05) is 13.7 Å². The average molecular weight is 448 g/mol. The number of imidazole rings is 1. The van der Waals surface area contributed by atoms with Crippen molar-refractivity contribution < 1.29 is 14.3 Å². The van der Waals surface area contributed by atoms with E-state index in [-0.39, 0.29) is 30.3 Å². The van der Waals surface area contributed by atoms with E-state index < -0.39 is 6.09 Å². The topological polar surface area (TPSA) is 87.3 Å². The molecule has 1 aromatic carbocycles. The number of methoxy groups -OCH3 is 1. The number of hydrogen-bond acceptors (Lipinski definition) is 4. The number of benzene rings is 1. The lowest BCUT2D eigenvalue weighted by Crippen LogP contribution is -2.43. The van der Waals surface area contributed by atoms with Gasteiger partial charge in [0.25, 0.3) is 0 Å². The van der Waals surface area contributed by atoms with Gasteiger partial charge in [0.05, 0.1) is 25.0 Å². The summed E-state index contributed by atoms with van der Waals surface area (Å²) in [6, 6.07) is 8.03. The van der Waals surface area contributed by atoms with Crippen molar-refractivity contribution in [2.45, 2.75) is 45.2 Å². The highest BCUT2D eigenvalue weighted by Gasteiger charge is 2.34. The number of amides is 2. The second-order valence-corrected chi connectivity index (χ2v) is 8.87. The molecule has 7 heteroatoms. The maximum Gasteiger partial charge on any atom is 0.407 e. The summed E-state index contributed by atoms with van der Waals surface area (Å²) in [7, 11) is 1.33. The highest BCUT2D eigenvalue weighted by molar-refractivity contribution is 5.78. The van der Waals surface area contributed by atoms with Crippen molar-refractivity contribution in [3.05, 3.63) is 73.5 Å². The van der Waals surface area contributed by atoms with Gasteiger partial charge in [-0.2, -0.15) is 0 Å². The summed E-state index contributed by atoms with van der Waals surface area (Å²) in [6.07, 6.45) is 11.6. The molecule has 1 saturated heterocycles. The van der Waals surface area contributed by atoms with E-state index in [2.05, 4.69) is 52.4 Å². The van der Waals surface area contributed by atoms with Gasteiger partial charge in [0.2, 0.25) is 5.91 Å². The Labute approximate surface area is 196 Å². The van der Waals surface area contributed by atoms with Gasteiger partial charge in [-0.3, -0.25) is 4.79 Å². The molecule has 173 valence electrons. The molecule has 0 bridgehead atoms. The lowest BCUT2D eigenvalue weighted by atomic mass is 9.96. The Morgan fingerprint density at radius 1 is 1.18 bits per heavy atom. The molecule has 2 fully saturated rings. The van der Waals surface area contributed by atoms with Crippen LogP contribution in [0.4, 0.5) is 4.79 Å². The molecule has 2 aromatic rings. The van der Waals surface area contributed by atoms with Crippen LogP contribution in [0.3, 0.4) is 0 Å². The predicted octanol–water partition coefficient (Wildman–Crippen LogP) is 4.26. The normalized spacial score (nSPS) is 19.8. The third kappa shape index (κ3) is 5.40. The van der Waals surface area contributed by atoms with Crippen LogP contribution in [-0.4, -0.2) is 46.6 Å². The first-order chi connectivity index (χ1) is 16.0. The molecule has 1 aliphatic heterocycles. The number of hydrogen-bond donors (Lipinski definition) is 2. The van der Waals surface area contributed by atoms with E-state index in [0.29, 0.717) is 6.54 Å². The molecular weight excluding hydrogens is 416 g/mol. The van der Waals surface area contributed by atoms with Crippen molar-refractivity contribution >= 4 is 12.0 Å². The number of nitrogens with zero attached hydrogens (tertiary/aromatic N) is 2. The summed E-state index contributed by atoms with van der Waals surface area (Å²) in [4.78, 5) is 34.7. The van der Waals surface area contributed by atoms with Gasteiger partial charge in [0.1, 0.15) is 5.82 Å². The van der Waals surface area contributed by atoms with Crippen LogP contribution in [0.5, 0.6) is 0 Å². The van der Waals surface area contributed by atoms with Crippen molar-refractivity contribution in [1.29, 1.82) is 0 Å². The molecular formula is C26H31N4O3. The molecule has 7 nitrogen and oxygen atoms in total. The molecule has 2 atom stereocenters. The number of aromatic nitrogens is 2. The van der Waals surface area contributed by atoms with E-state index in [0.717, 1.165) is 29.9 Å². The Morgan fingerprint density at radius 2 is 1.88 bits per heavy atom. The monoisotopic (exact) mass is 447 g/mol. The minimum Gasteiger partial charge on any atom is -0.453 e. The standard InChI is InChI=1S/C26H31N4O3/c1-17(2)21(29-26(32)33-3)15-24(31)30-14-6-9-23(30)25-27-16-22(28-25)20-12-10-19(11-13-20)18-7-4-5-8-18/h4-5,7-8,10-13,16-17,21,23H,6,9,14-15H2,1-3H3,(H,27,28)(H,29,32)/t21-,23+/m1/s1. The van der Waals surface area contributed by atoms with Crippen molar-refractivity contribution in [2.24, 2.45) is 5.92 Å². The minimum absolute atomic E-state index is 0.0182. The molecule has 4 rings (SSSR count). The fourth-order valence-electron chi connectivity index (χ4n) is 4.38.